The normalized spacial score (nSPS) is 12.7. The minimum Gasteiger partial charge on any atom is -0.310 e. The van der Waals surface area contributed by atoms with E-state index in [0.29, 0.717) is 0 Å². The van der Waals surface area contributed by atoms with E-state index in [4.69, 9.17) is 0 Å². The molecule has 0 unspecified atom stereocenters. The number of fused-ring (bicyclic) bond motifs is 6. The van der Waals surface area contributed by atoms with Crippen LogP contribution in [0.15, 0.2) is 212 Å². The second kappa shape index (κ2) is 14.1. The molecule has 10 aromatic rings. The largest absolute Gasteiger partial charge is 0.310 e. The highest BCUT2D eigenvalue weighted by Crippen LogP contribution is 2.51. The molecule has 0 aromatic heterocycles. The molecule has 10 aromatic carbocycles. The molecule has 60 heavy (non-hydrogen) atoms. The first-order valence-corrected chi connectivity index (χ1v) is 20.9. The Morgan fingerprint density at radius 2 is 0.800 bits per heavy atom. The van der Waals surface area contributed by atoms with Crippen molar-refractivity contribution in [1.82, 2.24) is 0 Å². The second-order valence-electron chi connectivity index (χ2n) is 16.6. The summed E-state index contributed by atoms with van der Waals surface area (Å²) in [4.78, 5) is 4.87. The molecule has 11 rings (SSSR count). The van der Waals surface area contributed by atoms with Crippen molar-refractivity contribution in [2.24, 2.45) is 0 Å². The summed E-state index contributed by atoms with van der Waals surface area (Å²) in [7, 11) is 0. The molecule has 1 aliphatic rings. The molecule has 0 radical (unpaired) electrons. The van der Waals surface area contributed by atoms with Gasteiger partial charge in [0, 0.05) is 38.6 Å². The van der Waals surface area contributed by atoms with Crippen molar-refractivity contribution >= 4 is 66.4 Å². The Morgan fingerprint density at radius 3 is 1.52 bits per heavy atom. The van der Waals surface area contributed by atoms with Gasteiger partial charge in [-0.15, -0.1) is 0 Å². The number of nitrogens with zero attached hydrogens (tertiary/aromatic N) is 2. The first kappa shape index (κ1) is 35.7. The van der Waals surface area contributed by atoms with Crippen LogP contribution in [-0.2, 0) is 5.41 Å². The number of rotatable bonds is 7. The van der Waals surface area contributed by atoms with E-state index < -0.39 is 0 Å². The maximum absolute atomic E-state index is 2.44. The van der Waals surface area contributed by atoms with E-state index in [0.717, 1.165) is 34.1 Å². The summed E-state index contributed by atoms with van der Waals surface area (Å²) in [6.45, 7) is 6.86. The zero-order valence-corrected chi connectivity index (χ0v) is 34.1. The molecule has 0 aliphatic heterocycles. The van der Waals surface area contributed by atoms with Crippen molar-refractivity contribution in [3.8, 4) is 22.3 Å². The molecule has 0 atom stereocenters. The summed E-state index contributed by atoms with van der Waals surface area (Å²) >= 11 is 0. The Hall–Kier alpha value is -7.42. The van der Waals surface area contributed by atoms with Crippen molar-refractivity contribution < 1.29 is 0 Å². The summed E-state index contributed by atoms with van der Waals surface area (Å²) in [6, 6.07) is 78.1. The van der Waals surface area contributed by atoms with Crippen LogP contribution in [0, 0.1) is 6.92 Å². The number of benzene rings is 10. The molecule has 0 N–H and O–H groups in total. The minimum atomic E-state index is -0.105. The monoisotopic (exact) mass is 768 g/mol. The number of hydrogen-bond donors (Lipinski definition) is 0. The zero-order valence-electron chi connectivity index (χ0n) is 34.1. The van der Waals surface area contributed by atoms with Crippen LogP contribution in [0.25, 0.3) is 54.6 Å². The number of aryl methyl sites for hydroxylation is 1. The van der Waals surface area contributed by atoms with Gasteiger partial charge in [0.1, 0.15) is 0 Å². The van der Waals surface area contributed by atoms with Crippen molar-refractivity contribution in [1.29, 1.82) is 0 Å². The number of anilines is 6. The van der Waals surface area contributed by atoms with Crippen LogP contribution in [0.5, 0.6) is 0 Å². The van der Waals surface area contributed by atoms with Crippen LogP contribution >= 0.6 is 0 Å². The first-order chi connectivity index (χ1) is 29.4. The lowest BCUT2D eigenvalue weighted by molar-refractivity contribution is 0.660. The first-order valence-electron chi connectivity index (χ1n) is 20.9. The predicted molar refractivity (Wildman–Crippen MR) is 256 cm³/mol. The van der Waals surface area contributed by atoms with Gasteiger partial charge in [0.25, 0.3) is 0 Å². The molecule has 0 bridgehead atoms. The Morgan fingerprint density at radius 1 is 0.333 bits per heavy atom. The average Bonchev–Trinajstić information content (AvgIpc) is 3.52. The third-order valence-electron chi connectivity index (χ3n) is 12.7. The summed E-state index contributed by atoms with van der Waals surface area (Å²) in [5, 5.41) is 7.30. The summed E-state index contributed by atoms with van der Waals surface area (Å²) < 4.78 is 0. The third-order valence-corrected chi connectivity index (χ3v) is 12.7. The quantitative estimate of drug-likeness (QED) is 0.159. The Bertz CT molecular complexity index is 3240. The van der Waals surface area contributed by atoms with Gasteiger partial charge < -0.3 is 9.80 Å². The lowest BCUT2D eigenvalue weighted by Gasteiger charge is -2.29. The maximum atomic E-state index is 2.44. The zero-order chi connectivity index (χ0) is 40.4. The van der Waals surface area contributed by atoms with Gasteiger partial charge in [0.2, 0.25) is 0 Å². The van der Waals surface area contributed by atoms with Crippen molar-refractivity contribution in [3.63, 3.8) is 0 Å². The molecule has 2 nitrogen and oxygen atoms in total. The van der Waals surface area contributed by atoms with Crippen LogP contribution in [0.2, 0.25) is 0 Å². The fourth-order valence-electron chi connectivity index (χ4n) is 9.70. The van der Waals surface area contributed by atoms with E-state index in [-0.39, 0.29) is 5.41 Å². The molecule has 1 aliphatic carbocycles. The second-order valence-corrected chi connectivity index (χ2v) is 16.6. The molecule has 0 heterocycles. The fraction of sp³-hybridized carbons (Fsp3) is 0.0690. The van der Waals surface area contributed by atoms with E-state index in [1.807, 2.05) is 0 Å². The van der Waals surface area contributed by atoms with Crippen LogP contribution in [0.1, 0.15) is 30.5 Å². The van der Waals surface area contributed by atoms with Gasteiger partial charge in [-0.3, -0.25) is 0 Å². The molecule has 0 fully saturated rings. The van der Waals surface area contributed by atoms with Crippen LogP contribution in [-0.4, -0.2) is 0 Å². The third kappa shape index (κ3) is 5.79. The molecule has 286 valence electrons. The molecule has 0 saturated carbocycles. The van der Waals surface area contributed by atoms with E-state index in [1.165, 1.54) is 71.3 Å². The van der Waals surface area contributed by atoms with Gasteiger partial charge in [0.15, 0.2) is 0 Å². The smallest absolute Gasteiger partial charge is 0.0540 e. The molecular formula is C58H44N2. The van der Waals surface area contributed by atoms with Crippen LogP contribution in [0.4, 0.5) is 34.1 Å². The van der Waals surface area contributed by atoms with Gasteiger partial charge in [-0.2, -0.15) is 0 Å². The SMILES string of the molecule is Cc1ccc(N(c2cccc3ccccc23)c2cccc3c(-c4ccc(N(c5ccc6c(c5)C(C)(C)c5ccccc5-6)c5cccc6ccccc56)cc4)cccc23)cc1. The highest BCUT2D eigenvalue weighted by molar-refractivity contribution is 6.08. The highest BCUT2D eigenvalue weighted by Gasteiger charge is 2.36. The van der Waals surface area contributed by atoms with E-state index in [9.17, 15) is 0 Å². The van der Waals surface area contributed by atoms with Crippen molar-refractivity contribution in [2.45, 2.75) is 26.2 Å². The Labute approximate surface area is 352 Å². The van der Waals surface area contributed by atoms with E-state index >= 15 is 0 Å². The summed E-state index contributed by atoms with van der Waals surface area (Å²) in [5.41, 5.74) is 15.8. The van der Waals surface area contributed by atoms with Gasteiger partial charge in [0.05, 0.1) is 17.1 Å². The fourth-order valence-corrected chi connectivity index (χ4v) is 9.70. The summed E-state index contributed by atoms with van der Waals surface area (Å²) in [5.74, 6) is 0. The van der Waals surface area contributed by atoms with E-state index in [1.54, 1.807) is 0 Å². The van der Waals surface area contributed by atoms with Gasteiger partial charge in [-0.1, -0.05) is 177 Å². The minimum absolute atomic E-state index is 0.105. The standard InChI is InChI=1S/C58H44N2/c1-39-28-32-44(33-29-39)60(56-26-11-17-41-15-5-7-19-48(41)56)57-27-13-22-49-46(21-12-23-52(49)57)42-30-34-43(35-31-42)59(55-25-10-16-40-14-4-6-18-47(40)55)45-36-37-51-50-20-8-9-24-53(50)58(2,3)54(51)38-45/h4-38H,1-3H3. The Balaban J connectivity index is 1.04. The van der Waals surface area contributed by atoms with Crippen LogP contribution < -0.4 is 9.80 Å². The average molecular weight is 769 g/mol. The van der Waals surface area contributed by atoms with Gasteiger partial charge in [-0.25, -0.2) is 0 Å². The van der Waals surface area contributed by atoms with Crippen LogP contribution in [0.3, 0.4) is 0 Å². The number of hydrogen-bond acceptors (Lipinski definition) is 2. The van der Waals surface area contributed by atoms with Gasteiger partial charge in [-0.05, 0) is 111 Å². The van der Waals surface area contributed by atoms with Gasteiger partial charge >= 0.3 is 0 Å². The predicted octanol–water partition coefficient (Wildman–Crippen LogP) is 16.4. The Kier molecular flexibility index (Phi) is 8.42. The van der Waals surface area contributed by atoms with E-state index in [2.05, 4.69) is 243 Å². The molecule has 0 amide bonds. The molecular weight excluding hydrogens is 725 g/mol. The molecule has 2 heteroatoms. The summed E-state index contributed by atoms with van der Waals surface area (Å²) in [6.07, 6.45) is 0. The van der Waals surface area contributed by atoms with Crippen molar-refractivity contribution in [2.75, 3.05) is 9.80 Å². The topological polar surface area (TPSA) is 6.48 Å². The molecule has 0 saturated heterocycles. The lowest BCUT2D eigenvalue weighted by Crippen LogP contribution is -2.16. The highest BCUT2D eigenvalue weighted by atomic mass is 15.1. The molecule has 0 spiro atoms. The maximum Gasteiger partial charge on any atom is 0.0540 e. The van der Waals surface area contributed by atoms with Crippen molar-refractivity contribution in [3.05, 3.63) is 229 Å². The lowest BCUT2D eigenvalue weighted by atomic mass is 9.82.